The number of hydrogen-bond donors (Lipinski definition) is 3. The summed E-state index contributed by atoms with van der Waals surface area (Å²) in [4.78, 5) is 36.7. The zero-order valence-corrected chi connectivity index (χ0v) is 29.2. The van der Waals surface area contributed by atoms with E-state index in [9.17, 15) is 20.0 Å². The third kappa shape index (κ3) is 7.12. The number of aromatic amines is 1. The maximum absolute atomic E-state index is 13.0. The molecule has 270 valence electrons. The molecular weight excluding hydrogens is 668 g/mol. The Balaban J connectivity index is 1.40. The van der Waals surface area contributed by atoms with E-state index in [-0.39, 0.29) is 48.6 Å². The minimum Gasteiger partial charge on any atom is -0.497 e. The Kier molecular flexibility index (Phi) is 11.0. The highest BCUT2D eigenvalue weighted by Crippen LogP contribution is 2.43. The molecule has 0 bridgehead atoms. The van der Waals surface area contributed by atoms with Gasteiger partial charge in [0.1, 0.15) is 35.4 Å². The maximum atomic E-state index is 13.0. The molecule has 0 aliphatic carbocycles. The van der Waals surface area contributed by atoms with Crippen LogP contribution in [0, 0.1) is 17.2 Å². The highest BCUT2D eigenvalue weighted by molar-refractivity contribution is 5.91. The molecule has 1 saturated heterocycles. The fraction of sp³-hybridized carbons (Fsp3) is 0.342. The van der Waals surface area contributed by atoms with Crippen LogP contribution in [0.3, 0.4) is 0 Å². The van der Waals surface area contributed by atoms with Gasteiger partial charge < -0.3 is 28.8 Å². The van der Waals surface area contributed by atoms with Gasteiger partial charge in [0.2, 0.25) is 11.9 Å². The number of anilines is 1. The molecule has 4 atom stereocenters. The monoisotopic (exact) mass is 708 g/mol. The predicted octanol–water partition coefficient (Wildman–Crippen LogP) is 4.30. The van der Waals surface area contributed by atoms with Gasteiger partial charge in [0.15, 0.2) is 17.4 Å². The topological polar surface area (TPSA) is 183 Å². The Morgan fingerprint density at radius 3 is 2.21 bits per heavy atom. The number of aliphatic hydroxyl groups is 1. The third-order valence-electron chi connectivity index (χ3n) is 8.95. The SMILES string of the molecule is COc1ccc(C(OC[C@H]2O[C@@H](n3cnc4c(=O)[nH]c(NC(=O)C(C)C)nc43)[C@H](OCCC#N)[C@@H]2O)(c2ccccc2)c2ccc(OC)cc2)cc1. The van der Waals surface area contributed by atoms with Gasteiger partial charge in [-0.05, 0) is 41.0 Å². The lowest BCUT2D eigenvalue weighted by atomic mass is 9.80. The number of carbonyl (C=O) groups is 1. The number of hydrogen-bond acceptors (Lipinski definition) is 11. The van der Waals surface area contributed by atoms with Gasteiger partial charge in [0, 0.05) is 5.92 Å². The van der Waals surface area contributed by atoms with E-state index in [4.69, 9.17) is 23.7 Å². The standard InChI is InChI=1S/C38H40N6O8/c1-23(2)34(46)42-37-41-33-30(35(47)43-37)40-22-44(33)36-32(50-20-8-19-39)31(45)29(52-36)21-51-38(24-9-6-5-7-10-24,25-11-15-27(48-3)16-12-25)26-13-17-28(49-4)18-14-26/h5-7,9-18,22-23,29,31-32,36,45H,8,20-21H2,1-4H3,(H2,41,42,43,46,47)/t29-,31-,32-,36-/m1/s1. The summed E-state index contributed by atoms with van der Waals surface area (Å²) in [5.41, 5.74) is 0.721. The van der Waals surface area contributed by atoms with Crippen molar-refractivity contribution in [3.8, 4) is 17.6 Å². The summed E-state index contributed by atoms with van der Waals surface area (Å²) in [6.07, 6.45) is -2.83. The average Bonchev–Trinajstić information content (AvgIpc) is 3.73. The van der Waals surface area contributed by atoms with Crippen molar-refractivity contribution in [3.63, 3.8) is 0 Å². The molecule has 3 N–H and O–H groups in total. The number of methoxy groups -OCH3 is 2. The first-order chi connectivity index (χ1) is 25.2. The van der Waals surface area contributed by atoms with Gasteiger partial charge in [-0.3, -0.25) is 24.5 Å². The second-order valence-electron chi connectivity index (χ2n) is 12.5. The number of benzene rings is 3. The summed E-state index contributed by atoms with van der Waals surface area (Å²) in [5.74, 6) is 0.567. The Labute approximate surface area is 299 Å². The van der Waals surface area contributed by atoms with Crippen LogP contribution in [0.4, 0.5) is 5.95 Å². The van der Waals surface area contributed by atoms with Crippen molar-refractivity contribution in [2.75, 3.05) is 32.8 Å². The van der Waals surface area contributed by atoms with E-state index in [1.54, 1.807) is 28.1 Å². The van der Waals surface area contributed by atoms with Crippen LogP contribution < -0.4 is 20.3 Å². The highest BCUT2D eigenvalue weighted by Gasteiger charge is 2.48. The molecule has 1 fully saturated rings. The van der Waals surface area contributed by atoms with Crippen molar-refractivity contribution in [2.24, 2.45) is 5.92 Å². The van der Waals surface area contributed by atoms with E-state index in [0.717, 1.165) is 16.7 Å². The van der Waals surface area contributed by atoms with Crippen LogP contribution in [0.25, 0.3) is 11.2 Å². The van der Waals surface area contributed by atoms with Crippen molar-refractivity contribution in [3.05, 3.63) is 112 Å². The molecular formula is C38H40N6O8. The van der Waals surface area contributed by atoms with E-state index in [2.05, 4.69) is 20.3 Å². The molecule has 1 aliphatic rings. The number of H-pyrrole nitrogens is 1. The van der Waals surface area contributed by atoms with Crippen LogP contribution in [-0.4, -0.2) is 76.3 Å². The van der Waals surface area contributed by atoms with Crippen LogP contribution in [0.2, 0.25) is 0 Å². The van der Waals surface area contributed by atoms with Gasteiger partial charge in [-0.2, -0.15) is 10.2 Å². The normalized spacial score (nSPS) is 18.7. The fourth-order valence-electron chi connectivity index (χ4n) is 6.21. The third-order valence-corrected chi connectivity index (χ3v) is 8.95. The van der Waals surface area contributed by atoms with Crippen LogP contribution >= 0.6 is 0 Å². The summed E-state index contributed by atoms with van der Waals surface area (Å²) >= 11 is 0. The molecule has 2 aromatic heterocycles. The number of imidazole rings is 1. The molecule has 14 nitrogen and oxygen atoms in total. The number of nitrogens with one attached hydrogen (secondary N) is 2. The predicted molar refractivity (Wildman–Crippen MR) is 190 cm³/mol. The molecule has 3 heterocycles. The number of rotatable bonds is 14. The summed E-state index contributed by atoms with van der Waals surface area (Å²) < 4.78 is 31.9. The van der Waals surface area contributed by atoms with Crippen LogP contribution in [0.5, 0.6) is 11.5 Å². The number of aliphatic hydroxyl groups excluding tert-OH is 1. The maximum Gasteiger partial charge on any atom is 0.280 e. The van der Waals surface area contributed by atoms with E-state index in [0.29, 0.717) is 11.5 Å². The van der Waals surface area contributed by atoms with Gasteiger partial charge in [-0.15, -0.1) is 0 Å². The van der Waals surface area contributed by atoms with E-state index >= 15 is 0 Å². The van der Waals surface area contributed by atoms with Crippen LogP contribution in [0.1, 0.15) is 43.2 Å². The first-order valence-corrected chi connectivity index (χ1v) is 16.8. The molecule has 6 rings (SSSR count). The minimum atomic E-state index is -1.25. The summed E-state index contributed by atoms with van der Waals surface area (Å²) in [7, 11) is 3.20. The molecule has 52 heavy (non-hydrogen) atoms. The lowest BCUT2D eigenvalue weighted by Crippen LogP contribution is -2.40. The molecule has 14 heteroatoms. The summed E-state index contributed by atoms with van der Waals surface area (Å²) in [5, 5.41) is 23.6. The lowest BCUT2D eigenvalue weighted by molar-refractivity contribution is -0.118. The van der Waals surface area contributed by atoms with E-state index in [1.165, 1.54) is 10.9 Å². The zero-order chi connectivity index (χ0) is 36.8. The first kappa shape index (κ1) is 36.2. The summed E-state index contributed by atoms with van der Waals surface area (Å²) in [6.45, 7) is 3.31. The number of fused-ring (bicyclic) bond motifs is 1. The number of aromatic nitrogens is 4. The molecule has 1 amide bonds. The molecule has 0 radical (unpaired) electrons. The van der Waals surface area contributed by atoms with Crippen molar-refractivity contribution < 1.29 is 33.6 Å². The van der Waals surface area contributed by atoms with Gasteiger partial charge in [-0.25, -0.2) is 4.98 Å². The van der Waals surface area contributed by atoms with Crippen molar-refractivity contribution in [1.82, 2.24) is 19.5 Å². The average molecular weight is 709 g/mol. The van der Waals surface area contributed by atoms with Crippen molar-refractivity contribution in [1.29, 1.82) is 5.26 Å². The van der Waals surface area contributed by atoms with Crippen molar-refractivity contribution >= 4 is 23.0 Å². The Bertz CT molecular complexity index is 2030. The number of carbonyl (C=O) groups excluding carboxylic acids is 1. The number of nitriles is 1. The quantitative estimate of drug-likeness (QED) is 0.111. The molecule has 0 spiro atoms. The lowest BCUT2D eigenvalue weighted by Gasteiger charge is -2.37. The Hall–Kier alpha value is -5.59. The molecule has 0 saturated carbocycles. The number of nitrogens with zero attached hydrogens (tertiary/aromatic N) is 4. The highest BCUT2D eigenvalue weighted by atomic mass is 16.6. The molecule has 3 aromatic carbocycles. The molecule has 1 aliphatic heterocycles. The minimum absolute atomic E-state index is 0.00165. The second-order valence-corrected chi connectivity index (χ2v) is 12.5. The van der Waals surface area contributed by atoms with Gasteiger partial charge >= 0.3 is 0 Å². The van der Waals surface area contributed by atoms with Crippen LogP contribution in [-0.2, 0) is 24.6 Å². The van der Waals surface area contributed by atoms with Gasteiger partial charge in [0.05, 0.1) is 46.3 Å². The van der Waals surface area contributed by atoms with Gasteiger partial charge in [0.25, 0.3) is 5.56 Å². The number of ether oxygens (including phenoxy) is 5. The Morgan fingerprint density at radius 2 is 1.63 bits per heavy atom. The smallest absolute Gasteiger partial charge is 0.280 e. The van der Waals surface area contributed by atoms with Crippen LogP contribution in [0.15, 0.2) is 90.0 Å². The molecule has 0 unspecified atom stereocenters. The van der Waals surface area contributed by atoms with E-state index < -0.39 is 35.7 Å². The first-order valence-electron chi connectivity index (χ1n) is 16.8. The second kappa shape index (κ2) is 15.7. The van der Waals surface area contributed by atoms with E-state index in [1.807, 2.05) is 84.9 Å². The van der Waals surface area contributed by atoms with Gasteiger partial charge in [-0.1, -0.05) is 68.4 Å². The number of amides is 1. The zero-order valence-electron chi connectivity index (χ0n) is 29.2. The van der Waals surface area contributed by atoms with Crippen molar-refractivity contribution in [2.45, 2.75) is 50.4 Å². The largest absolute Gasteiger partial charge is 0.497 e. The fourth-order valence-corrected chi connectivity index (χ4v) is 6.21. The Morgan fingerprint density at radius 1 is 1.02 bits per heavy atom. The summed E-state index contributed by atoms with van der Waals surface area (Å²) in [6, 6.07) is 26.9. The molecule has 5 aromatic rings.